The summed E-state index contributed by atoms with van der Waals surface area (Å²) < 4.78 is 0. The molecule has 0 amide bonds. The molecule has 0 aromatic rings. The molecule has 0 fully saturated rings. The Labute approximate surface area is 111 Å². The molecular formula is C17H36. The van der Waals surface area contributed by atoms with E-state index in [-0.39, 0.29) is 0 Å². The van der Waals surface area contributed by atoms with E-state index in [1.807, 2.05) is 0 Å². The first-order chi connectivity index (χ1) is 7.72. The van der Waals surface area contributed by atoms with Crippen LogP contribution >= 0.6 is 0 Å². The van der Waals surface area contributed by atoms with Gasteiger partial charge in [0.2, 0.25) is 0 Å². The van der Waals surface area contributed by atoms with E-state index in [9.17, 15) is 0 Å². The fourth-order valence-electron chi connectivity index (χ4n) is 3.25. The summed E-state index contributed by atoms with van der Waals surface area (Å²) in [6, 6.07) is 0. The van der Waals surface area contributed by atoms with Gasteiger partial charge in [0.15, 0.2) is 0 Å². The largest absolute Gasteiger partial charge is 0.0651 e. The highest BCUT2D eigenvalue weighted by Gasteiger charge is 2.38. The summed E-state index contributed by atoms with van der Waals surface area (Å²) in [5.74, 6) is 4.06. The van der Waals surface area contributed by atoms with Crippen molar-refractivity contribution in [3.05, 3.63) is 0 Å². The van der Waals surface area contributed by atoms with Crippen molar-refractivity contribution in [1.82, 2.24) is 0 Å². The second-order valence-corrected chi connectivity index (χ2v) is 6.92. The van der Waals surface area contributed by atoms with Crippen LogP contribution in [-0.2, 0) is 0 Å². The van der Waals surface area contributed by atoms with Crippen LogP contribution in [-0.4, -0.2) is 0 Å². The van der Waals surface area contributed by atoms with Crippen LogP contribution in [0.15, 0.2) is 0 Å². The zero-order valence-electron chi connectivity index (χ0n) is 13.8. The summed E-state index contributed by atoms with van der Waals surface area (Å²) in [5, 5.41) is 0. The van der Waals surface area contributed by atoms with Gasteiger partial charge < -0.3 is 0 Å². The van der Waals surface area contributed by atoms with E-state index >= 15 is 0 Å². The highest BCUT2D eigenvalue weighted by Crippen LogP contribution is 2.46. The Morgan fingerprint density at radius 3 is 1.59 bits per heavy atom. The van der Waals surface area contributed by atoms with Crippen molar-refractivity contribution in [2.45, 2.75) is 75.2 Å². The molecule has 104 valence electrons. The number of hydrogen-bond acceptors (Lipinski definition) is 0. The summed E-state index contributed by atoms with van der Waals surface area (Å²) in [7, 11) is 0. The fraction of sp³-hybridized carbons (Fsp3) is 1.00. The van der Waals surface area contributed by atoms with Crippen molar-refractivity contribution < 1.29 is 0 Å². The normalized spacial score (nSPS) is 22.9. The van der Waals surface area contributed by atoms with Gasteiger partial charge in [-0.1, -0.05) is 75.2 Å². The quantitative estimate of drug-likeness (QED) is 0.511. The smallest absolute Gasteiger partial charge is 0.0275 e. The molecule has 0 N–H and O–H groups in total. The van der Waals surface area contributed by atoms with Crippen molar-refractivity contribution in [2.75, 3.05) is 0 Å². The molecular weight excluding hydrogens is 204 g/mol. The van der Waals surface area contributed by atoms with Crippen LogP contribution in [0, 0.1) is 35.0 Å². The second kappa shape index (κ2) is 6.81. The Morgan fingerprint density at radius 2 is 1.29 bits per heavy atom. The predicted molar refractivity (Wildman–Crippen MR) is 80.2 cm³/mol. The van der Waals surface area contributed by atoms with E-state index in [4.69, 9.17) is 0 Å². The summed E-state index contributed by atoms with van der Waals surface area (Å²) in [4.78, 5) is 0. The molecule has 0 aromatic carbocycles. The molecule has 0 aromatic heterocycles. The van der Waals surface area contributed by atoms with Crippen LogP contribution in [0.25, 0.3) is 0 Å². The van der Waals surface area contributed by atoms with Gasteiger partial charge in [-0.15, -0.1) is 0 Å². The van der Waals surface area contributed by atoms with Gasteiger partial charge in [0.25, 0.3) is 0 Å². The molecule has 0 aliphatic rings. The Morgan fingerprint density at radius 1 is 0.824 bits per heavy atom. The molecule has 5 atom stereocenters. The molecule has 5 unspecified atom stereocenters. The predicted octanol–water partition coefficient (Wildman–Crippen LogP) is 6.01. The van der Waals surface area contributed by atoms with E-state index in [2.05, 4.69) is 62.3 Å². The molecule has 17 heavy (non-hydrogen) atoms. The van der Waals surface area contributed by atoms with Gasteiger partial charge in [-0.25, -0.2) is 0 Å². The Balaban J connectivity index is 4.91. The molecule has 0 heterocycles. The lowest BCUT2D eigenvalue weighted by molar-refractivity contribution is 0.0392. The summed E-state index contributed by atoms with van der Waals surface area (Å²) in [6.45, 7) is 21.8. The monoisotopic (exact) mass is 240 g/mol. The third-order valence-corrected chi connectivity index (χ3v) is 6.21. The molecule has 0 aliphatic heterocycles. The van der Waals surface area contributed by atoms with E-state index < -0.39 is 0 Å². The molecule has 0 nitrogen and oxygen atoms in total. The van der Waals surface area contributed by atoms with Crippen molar-refractivity contribution in [2.24, 2.45) is 35.0 Å². The van der Waals surface area contributed by atoms with Crippen molar-refractivity contribution in [3.63, 3.8) is 0 Å². The number of hydrogen-bond donors (Lipinski definition) is 0. The van der Waals surface area contributed by atoms with Gasteiger partial charge >= 0.3 is 0 Å². The van der Waals surface area contributed by atoms with E-state index in [1.165, 1.54) is 12.8 Å². The Hall–Kier alpha value is 0. The minimum atomic E-state index is 0.497. The highest BCUT2D eigenvalue weighted by molar-refractivity contribution is 4.87. The molecule has 0 aliphatic carbocycles. The molecule has 0 rings (SSSR count). The first kappa shape index (κ1) is 17.0. The average Bonchev–Trinajstić information content (AvgIpc) is 2.33. The molecule has 0 saturated heterocycles. The molecule has 0 spiro atoms. The molecule has 0 radical (unpaired) electrons. The lowest BCUT2D eigenvalue weighted by Crippen LogP contribution is -2.38. The summed E-state index contributed by atoms with van der Waals surface area (Å²) >= 11 is 0. The van der Waals surface area contributed by atoms with Gasteiger partial charge in [-0.05, 0) is 35.0 Å². The van der Waals surface area contributed by atoms with Crippen LogP contribution in [0.4, 0.5) is 0 Å². The summed E-state index contributed by atoms with van der Waals surface area (Å²) in [5.41, 5.74) is 0.497. The zero-order chi connectivity index (χ0) is 13.8. The lowest BCUT2D eigenvalue weighted by Gasteiger charge is -2.45. The minimum Gasteiger partial charge on any atom is -0.0651 e. The maximum absolute atomic E-state index is 2.51. The topological polar surface area (TPSA) is 0 Å². The fourth-order valence-corrected chi connectivity index (χ4v) is 3.25. The van der Waals surface area contributed by atoms with Crippen molar-refractivity contribution in [1.29, 1.82) is 0 Å². The Bertz CT molecular complexity index is 206. The van der Waals surface area contributed by atoms with Gasteiger partial charge in [-0.3, -0.25) is 0 Å². The maximum atomic E-state index is 2.51. The maximum Gasteiger partial charge on any atom is -0.0275 e. The average molecular weight is 240 g/mol. The highest BCUT2D eigenvalue weighted by atomic mass is 14.4. The summed E-state index contributed by atoms with van der Waals surface area (Å²) in [6.07, 6.45) is 2.61. The van der Waals surface area contributed by atoms with Crippen LogP contribution < -0.4 is 0 Å². The van der Waals surface area contributed by atoms with Crippen molar-refractivity contribution in [3.8, 4) is 0 Å². The number of rotatable bonds is 7. The third kappa shape index (κ3) is 3.73. The van der Waals surface area contributed by atoms with E-state index in [0.717, 1.165) is 29.6 Å². The molecule has 0 bridgehead atoms. The lowest BCUT2D eigenvalue weighted by atomic mass is 9.60. The minimum absolute atomic E-state index is 0.497. The van der Waals surface area contributed by atoms with Gasteiger partial charge in [0.1, 0.15) is 0 Å². The van der Waals surface area contributed by atoms with Crippen molar-refractivity contribution >= 4 is 0 Å². The first-order valence-corrected chi connectivity index (χ1v) is 7.72. The SMILES string of the molecule is CCC(C)C(C)(CC)C(C)C(C)C(C)C(C)C. The van der Waals surface area contributed by atoms with Crippen LogP contribution in [0.1, 0.15) is 75.2 Å². The Kier molecular flexibility index (Phi) is 6.81. The van der Waals surface area contributed by atoms with Gasteiger partial charge in [-0.2, -0.15) is 0 Å². The van der Waals surface area contributed by atoms with Crippen LogP contribution in [0.3, 0.4) is 0 Å². The van der Waals surface area contributed by atoms with E-state index in [0.29, 0.717) is 5.41 Å². The second-order valence-electron chi connectivity index (χ2n) is 6.92. The van der Waals surface area contributed by atoms with E-state index in [1.54, 1.807) is 0 Å². The molecule has 0 saturated carbocycles. The standard InChI is InChI=1S/C17H36/c1-10-13(5)17(9,11-2)16(8)15(7)14(6)12(3)4/h12-16H,10-11H2,1-9H3. The van der Waals surface area contributed by atoms with Gasteiger partial charge in [0.05, 0.1) is 0 Å². The van der Waals surface area contributed by atoms with Crippen LogP contribution in [0.5, 0.6) is 0 Å². The first-order valence-electron chi connectivity index (χ1n) is 7.72. The van der Waals surface area contributed by atoms with Crippen LogP contribution in [0.2, 0.25) is 0 Å². The zero-order valence-corrected chi connectivity index (χ0v) is 13.8. The molecule has 0 heteroatoms. The third-order valence-electron chi connectivity index (χ3n) is 6.21. The van der Waals surface area contributed by atoms with Gasteiger partial charge in [0, 0.05) is 0 Å².